The van der Waals surface area contributed by atoms with E-state index in [-0.39, 0.29) is 18.5 Å². The number of carbonyl (C=O) groups is 1. The highest BCUT2D eigenvalue weighted by atomic mass is 16.5. The summed E-state index contributed by atoms with van der Waals surface area (Å²) in [7, 11) is 2.14. The maximum atomic E-state index is 12.5. The van der Waals surface area contributed by atoms with Crippen LogP contribution in [-0.4, -0.2) is 90.7 Å². The maximum absolute atomic E-state index is 12.5. The zero-order valence-corrected chi connectivity index (χ0v) is 23.7. The van der Waals surface area contributed by atoms with Crippen molar-refractivity contribution < 1.29 is 9.53 Å². The van der Waals surface area contributed by atoms with Gasteiger partial charge in [-0.15, -0.1) is 0 Å². The number of amides is 1. The zero-order valence-electron chi connectivity index (χ0n) is 23.7. The Balaban J connectivity index is 1.33. The minimum absolute atomic E-state index is 0.126. The Bertz CT molecular complexity index is 1480. The molecule has 41 heavy (non-hydrogen) atoms. The SMILES string of the molecule is [C-]#[N+]C[C@@H]1CN(c2nc(OC[C@@H]3CCCN3C)nc3c2CCN(c2cccc4ccccc24)C3)CCN1C(=O)C=C. The lowest BCUT2D eigenvalue weighted by Crippen LogP contribution is -2.56. The zero-order chi connectivity index (χ0) is 28.3. The van der Waals surface area contributed by atoms with Crippen molar-refractivity contribution in [2.45, 2.75) is 37.9 Å². The van der Waals surface area contributed by atoms with E-state index < -0.39 is 0 Å². The van der Waals surface area contributed by atoms with Crippen molar-refractivity contribution in [1.29, 1.82) is 0 Å². The number of likely N-dealkylation sites (N-methyl/N-ethyl adjacent to an activating group) is 1. The van der Waals surface area contributed by atoms with Crippen LogP contribution in [0.2, 0.25) is 0 Å². The lowest BCUT2D eigenvalue weighted by atomic mass is 10.0. The smallest absolute Gasteiger partial charge is 0.318 e. The van der Waals surface area contributed by atoms with Crippen LogP contribution >= 0.6 is 0 Å². The van der Waals surface area contributed by atoms with Crippen LogP contribution in [0.3, 0.4) is 0 Å². The maximum Gasteiger partial charge on any atom is 0.318 e. The molecule has 1 aromatic heterocycles. The average Bonchev–Trinajstić information content (AvgIpc) is 3.43. The molecule has 0 saturated carbocycles. The molecular formula is C32H37N7O2. The number of rotatable bonds is 7. The van der Waals surface area contributed by atoms with Gasteiger partial charge in [0, 0.05) is 48.9 Å². The summed E-state index contributed by atoms with van der Waals surface area (Å²) in [6.45, 7) is 16.3. The molecule has 9 nitrogen and oxygen atoms in total. The number of hydrogen-bond acceptors (Lipinski definition) is 7. The first kappa shape index (κ1) is 27.0. The van der Waals surface area contributed by atoms with Crippen LogP contribution in [0.4, 0.5) is 11.5 Å². The van der Waals surface area contributed by atoms with E-state index in [1.54, 1.807) is 4.90 Å². The highest BCUT2D eigenvalue weighted by Crippen LogP contribution is 2.35. The van der Waals surface area contributed by atoms with Crippen LogP contribution < -0.4 is 14.5 Å². The molecule has 9 heteroatoms. The molecule has 6 rings (SSSR count). The molecule has 0 aliphatic carbocycles. The van der Waals surface area contributed by atoms with Crippen molar-refractivity contribution in [2.24, 2.45) is 0 Å². The van der Waals surface area contributed by atoms with E-state index in [1.165, 1.54) is 29.0 Å². The second-order valence-electron chi connectivity index (χ2n) is 11.2. The highest BCUT2D eigenvalue weighted by Gasteiger charge is 2.35. The van der Waals surface area contributed by atoms with Crippen LogP contribution in [0, 0.1) is 6.57 Å². The van der Waals surface area contributed by atoms with Crippen molar-refractivity contribution >= 4 is 28.2 Å². The lowest BCUT2D eigenvalue weighted by Gasteiger charge is -2.41. The van der Waals surface area contributed by atoms with Gasteiger partial charge in [-0.2, -0.15) is 9.97 Å². The fourth-order valence-corrected chi connectivity index (χ4v) is 6.48. The number of aromatic nitrogens is 2. The van der Waals surface area contributed by atoms with Gasteiger partial charge in [0.2, 0.25) is 12.5 Å². The molecular weight excluding hydrogens is 514 g/mol. The molecule has 2 saturated heterocycles. The van der Waals surface area contributed by atoms with Gasteiger partial charge in [-0.1, -0.05) is 43.0 Å². The van der Waals surface area contributed by atoms with E-state index in [2.05, 4.69) is 75.6 Å². The predicted octanol–water partition coefficient (Wildman–Crippen LogP) is 3.79. The quantitative estimate of drug-likeness (QED) is 0.327. The van der Waals surface area contributed by atoms with Crippen molar-refractivity contribution in [1.82, 2.24) is 19.8 Å². The number of nitrogens with zero attached hydrogens (tertiary/aromatic N) is 7. The monoisotopic (exact) mass is 551 g/mol. The summed E-state index contributed by atoms with van der Waals surface area (Å²) in [6.07, 6.45) is 4.43. The molecule has 3 aliphatic rings. The number of benzene rings is 2. The fraction of sp³-hybridized carbons (Fsp3) is 0.438. The number of likely N-dealkylation sites (tertiary alicyclic amines) is 1. The van der Waals surface area contributed by atoms with Crippen molar-refractivity contribution in [3.63, 3.8) is 0 Å². The van der Waals surface area contributed by atoms with Crippen LogP contribution in [0.25, 0.3) is 15.6 Å². The van der Waals surface area contributed by atoms with Crippen LogP contribution in [0.5, 0.6) is 6.01 Å². The van der Waals surface area contributed by atoms with Gasteiger partial charge in [-0.25, -0.2) is 6.57 Å². The summed E-state index contributed by atoms with van der Waals surface area (Å²) in [4.78, 5) is 34.8. The predicted molar refractivity (Wildman–Crippen MR) is 161 cm³/mol. The van der Waals surface area contributed by atoms with Gasteiger partial charge in [0.1, 0.15) is 18.5 Å². The first-order valence-corrected chi connectivity index (χ1v) is 14.5. The van der Waals surface area contributed by atoms with Crippen LogP contribution in [0.1, 0.15) is 24.1 Å². The largest absolute Gasteiger partial charge is 0.462 e. The van der Waals surface area contributed by atoms with Crippen molar-refractivity contribution in [2.75, 3.05) is 62.7 Å². The Kier molecular flexibility index (Phi) is 7.75. The van der Waals surface area contributed by atoms with E-state index >= 15 is 0 Å². The molecule has 0 spiro atoms. The Morgan fingerprint density at radius 3 is 2.76 bits per heavy atom. The topological polar surface area (TPSA) is 69.4 Å². The third-order valence-corrected chi connectivity index (χ3v) is 8.75. The minimum Gasteiger partial charge on any atom is -0.462 e. The summed E-state index contributed by atoms with van der Waals surface area (Å²) in [6, 6.07) is 15.5. The number of piperazine rings is 1. The number of anilines is 2. The highest BCUT2D eigenvalue weighted by molar-refractivity contribution is 5.94. The average molecular weight is 552 g/mol. The van der Waals surface area contributed by atoms with Gasteiger partial charge >= 0.3 is 6.01 Å². The fourth-order valence-electron chi connectivity index (χ4n) is 6.48. The molecule has 1 amide bonds. The summed E-state index contributed by atoms with van der Waals surface area (Å²) in [5.41, 5.74) is 3.32. The summed E-state index contributed by atoms with van der Waals surface area (Å²) in [5.74, 6) is 0.751. The van der Waals surface area contributed by atoms with Crippen molar-refractivity contribution in [3.05, 3.63) is 77.8 Å². The van der Waals surface area contributed by atoms with E-state index in [0.717, 1.165) is 43.0 Å². The van der Waals surface area contributed by atoms with Gasteiger partial charge in [0.05, 0.1) is 12.2 Å². The molecule has 2 aromatic carbocycles. The first-order valence-electron chi connectivity index (χ1n) is 14.5. The number of fused-ring (bicyclic) bond motifs is 2. The van der Waals surface area contributed by atoms with Gasteiger partial charge < -0.3 is 29.2 Å². The molecule has 4 heterocycles. The van der Waals surface area contributed by atoms with Gasteiger partial charge in [-0.05, 0) is 50.4 Å². The first-order chi connectivity index (χ1) is 20.1. The normalized spacial score (nSPS) is 21.0. The van der Waals surface area contributed by atoms with E-state index in [0.29, 0.717) is 44.8 Å². The standard InChI is InChI=1S/C32H37N7O2/c1-4-30(40)39-18-17-38(20-25(39)19-33-2)31-27-14-16-37(29-13-7-10-23-9-5-6-12-26(23)29)21-28(27)34-32(35-31)41-22-24-11-8-15-36(24)3/h4-7,9-10,12-13,24-25H,1,8,11,14-22H2,3H3/t24-,25+/m0/s1. The molecule has 2 fully saturated rings. The Labute approximate surface area is 241 Å². The van der Waals surface area contributed by atoms with E-state index in [4.69, 9.17) is 21.3 Å². The third-order valence-electron chi connectivity index (χ3n) is 8.75. The number of carbonyl (C=O) groups excluding carboxylic acids is 1. The molecule has 2 atom stereocenters. The van der Waals surface area contributed by atoms with Crippen molar-refractivity contribution in [3.8, 4) is 6.01 Å². The Morgan fingerprint density at radius 2 is 1.95 bits per heavy atom. The molecule has 0 unspecified atom stereocenters. The summed E-state index contributed by atoms with van der Waals surface area (Å²) < 4.78 is 6.28. The minimum atomic E-state index is -0.218. The van der Waals surface area contributed by atoms with Crippen LogP contribution in [-0.2, 0) is 17.8 Å². The van der Waals surface area contributed by atoms with Gasteiger partial charge in [0.25, 0.3) is 0 Å². The van der Waals surface area contributed by atoms with E-state index in [1.807, 2.05) is 0 Å². The molecule has 0 N–H and O–H groups in total. The molecule has 3 aliphatic heterocycles. The van der Waals surface area contributed by atoms with Gasteiger partial charge in [0.15, 0.2) is 0 Å². The summed E-state index contributed by atoms with van der Waals surface area (Å²) in [5, 5.41) is 2.46. The Morgan fingerprint density at radius 1 is 1.10 bits per heavy atom. The lowest BCUT2D eigenvalue weighted by molar-refractivity contribution is -0.128. The number of ether oxygens (including phenoxy) is 1. The third kappa shape index (κ3) is 5.44. The molecule has 212 valence electrons. The molecule has 0 bridgehead atoms. The second-order valence-corrected chi connectivity index (χ2v) is 11.2. The molecule has 0 radical (unpaired) electrons. The number of hydrogen-bond donors (Lipinski definition) is 0. The Hall–Kier alpha value is -4.16. The summed E-state index contributed by atoms with van der Waals surface area (Å²) >= 11 is 0. The second kappa shape index (κ2) is 11.8. The van der Waals surface area contributed by atoms with Gasteiger partial charge in [-0.3, -0.25) is 4.79 Å². The van der Waals surface area contributed by atoms with E-state index in [9.17, 15) is 4.79 Å². The molecule has 3 aromatic rings. The van der Waals surface area contributed by atoms with Crippen LogP contribution in [0.15, 0.2) is 55.1 Å².